The molecule has 0 bridgehead atoms. The normalized spacial score (nSPS) is 16.4. The number of amides is 1. The number of benzene rings is 1. The number of halogens is 4. The average Bonchev–Trinajstić information content (AvgIpc) is 3.05. The lowest BCUT2D eigenvalue weighted by atomic mass is 10.1. The lowest BCUT2D eigenvalue weighted by Crippen LogP contribution is -2.32. The van der Waals surface area contributed by atoms with Crippen LogP contribution in [-0.2, 0) is 0 Å². The van der Waals surface area contributed by atoms with E-state index in [1.165, 1.54) is 0 Å². The Morgan fingerprint density at radius 3 is 2.33 bits per heavy atom. The van der Waals surface area contributed by atoms with Crippen molar-refractivity contribution < 1.29 is 13.6 Å². The van der Waals surface area contributed by atoms with Crippen LogP contribution >= 0.6 is 31.9 Å². The van der Waals surface area contributed by atoms with Crippen molar-refractivity contribution in [3.8, 4) is 0 Å². The van der Waals surface area contributed by atoms with Gasteiger partial charge in [0.05, 0.1) is 0 Å². The summed E-state index contributed by atoms with van der Waals surface area (Å²) in [5.74, 6) is -2.42. The lowest BCUT2D eigenvalue weighted by Gasteiger charge is -2.13. The first-order valence-corrected chi connectivity index (χ1v) is 7.38. The molecule has 0 heterocycles. The van der Waals surface area contributed by atoms with Gasteiger partial charge in [0.15, 0.2) is 0 Å². The van der Waals surface area contributed by atoms with Crippen LogP contribution in [0.15, 0.2) is 16.6 Å². The van der Waals surface area contributed by atoms with Gasteiger partial charge < -0.3 is 5.32 Å². The van der Waals surface area contributed by atoms with Crippen molar-refractivity contribution in [2.24, 2.45) is 5.41 Å². The molecule has 2 nitrogen and oxygen atoms in total. The van der Waals surface area contributed by atoms with Gasteiger partial charge in [0.25, 0.3) is 5.91 Å². The predicted molar refractivity (Wildman–Crippen MR) is 71.9 cm³/mol. The van der Waals surface area contributed by atoms with Crippen molar-refractivity contribution in [3.05, 3.63) is 33.8 Å². The van der Waals surface area contributed by atoms with E-state index in [4.69, 9.17) is 0 Å². The Bertz CT molecular complexity index is 466. The fourth-order valence-electron chi connectivity index (χ4n) is 1.65. The molecule has 0 spiro atoms. The second-order valence-electron chi connectivity index (χ2n) is 4.56. The topological polar surface area (TPSA) is 29.1 Å². The Kier molecular flexibility index (Phi) is 4.06. The van der Waals surface area contributed by atoms with Crippen molar-refractivity contribution in [1.29, 1.82) is 0 Å². The molecule has 0 atom stereocenters. The molecular formula is C12H11Br2F2NO. The van der Waals surface area contributed by atoms with Crippen LogP contribution in [0.5, 0.6) is 0 Å². The molecule has 1 aliphatic carbocycles. The summed E-state index contributed by atoms with van der Waals surface area (Å²) in [5, 5.41) is 3.37. The summed E-state index contributed by atoms with van der Waals surface area (Å²) in [5.41, 5.74) is -0.457. The summed E-state index contributed by atoms with van der Waals surface area (Å²) in [6.45, 7) is 0.437. The monoisotopic (exact) mass is 381 g/mol. The molecule has 18 heavy (non-hydrogen) atoms. The number of nitrogens with one attached hydrogen (secondary N) is 1. The molecule has 1 aromatic carbocycles. The molecule has 0 aliphatic heterocycles. The third-order valence-corrected chi connectivity index (χ3v) is 4.75. The number of carbonyl (C=O) groups excluding carboxylic acids is 1. The van der Waals surface area contributed by atoms with Gasteiger partial charge >= 0.3 is 0 Å². The van der Waals surface area contributed by atoms with Gasteiger partial charge in [-0.1, -0.05) is 31.9 Å². The molecule has 0 unspecified atom stereocenters. The van der Waals surface area contributed by atoms with E-state index in [-0.39, 0.29) is 9.89 Å². The van der Waals surface area contributed by atoms with Crippen LogP contribution in [0.4, 0.5) is 8.78 Å². The van der Waals surface area contributed by atoms with Gasteiger partial charge in [0.1, 0.15) is 17.2 Å². The van der Waals surface area contributed by atoms with Crippen molar-refractivity contribution in [1.82, 2.24) is 5.32 Å². The van der Waals surface area contributed by atoms with E-state index >= 15 is 0 Å². The van der Waals surface area contributed by atoms with Crippen LogP contribution in [0.2, 0.25) is 0 Å². The zero-order chi connectivity index (χ0) is 13.3. The Hall–Kier alpha value is -0.490. The SMILES string of the molecule is O=C(NCC1(CBr)CC1)c1c(F)cc(Br)cc1F. The van der Waals surface area contributed by atoms with Crippen molar-refractivity contribution in [2.75, 3.05) is 11.9 Å². The number of alkyl halides is 1. The molecule has 2 rings (SSSR count). The molecule has 1 aliphatic rings. The van der Waals surface area contributed by atoms with Crippen LogP contribution in [0.1, 0.15) is 23.2 Å². The fraction of sp³-hybridized carbons (Fsp3) is 0.417. The quantitative estimate of drug-likeness (QED) is 0.791. The third-order valence-electron chi connectivity index (χ3n) is 3.10. The lowest BCUT2D eigenvalue weighted by molar-refractivity contribution is 0.0938. The second kappa shape index (κ2) is 5.25. The highest BCUT2D eigenvalue weighted by atomic mass is 79.9. The molecule has 98 valence electrons. The molecule has 1 amide bonds. The van der Waals surface area contributed by atoms with Crippen LogP contribution < -0.4 is 5.32 Å². The molecule has 1 saturated carbocycles. The highest BCUT2D eigenvalue weighted by molar-refractivity contribution is 9.10. The standard InChI is InChI=1S/C12H11Br2F2NO/c13-5-12(1-2-12)6-17-11(18)10-8(15)3-7(14)4-9(10)16/h3-4H,1-2,5-6H2,(H,17,18). The van der Waals surface area contributed by atoms with E-state index in [1.54, 1.807) is 0 Å². The van der Waals surface area contributed by atoms with Crippen LogP contribution in [0.3, 0.4) is 0 Å². The van der Waals surface area contributed by atoms with E-state index in [1.807, 2.05) is 0 Å². The molecular weight excluding hydrogens is 372 g/mol. The van der Waals surface area contributed by atoms with Gasteiger partial charge in [-0.05, 0) is 30.4 Å². The highest BCUT2D eigenvalue weighted by Crippen LogP contribution is 2.46. The second-order valence-corrected chi connectivity index (χ2v) is 6.04. The maximum atomic E-state index is 13.5. The van der Waals surface area contributed by atoms with Gasteiger partial charge in [0.2, 0.25) is 0 Å². The molecule has 1 aromatic rings. The first kappa shape index (κ1) is 13.9. The summed E-state index contributed by atoms with van der Waals surface area (Å²) in [7, 11) is 0. The highest BCUT2D eigenvalue weighted by Gasteiger charge is 2.41. The Labute approximate surface area is 120 Å². The first-order valence-electron chi connectivity index (χ1n) is 5.46. The molecule has 0 radical (unpaired) electrons. The number of hydrogen-bond donors (Lipinski definition) is 1. The Morgan fingerprint density at radius 1 is 1.33 bits per heavy atom. The molecule has 1 fully saturated rings. The fourth-order valence-corrected chi connectivity index (χ4v) is 2.81. The predicted octanol–water partition coefficient (Wildman–Crippen LogP) is 3.63. The van der Waals surface area contributed by atoms with Gasteiger partial charge in [-0.2, -0.15) is 0 Å². The molecule has 6 heteroatoms. The summed E-state index contributed by atoms with van der Waals surface area (Å²) >= 11 is 6.34. The minimum atomic E-state index is -0.858. The minimum Gasteiger partial charge on any atom is -0.351 e. The largest absolute Gasteiger partial charge is 0.351 e. The minimum absolute atomic E-state index is 0.0674. The van der Waals surface area contributed by atoms with E-state index in [2.05, 4.69) is 37.2 Å². The molecule has 1 N–H and O–H groups in total. The van der Waals surface area contributed by atoms with E-state index < -0.39 is 23.1 Å². The van der Waals surface area contributed by atoms with Gasteiger partial charge in [0, 0.05) is 16.3 Å². The van der Waals surface area contributed by atoms with Crippen molar-refractivity contribution in [3.63, 3.8) is 0 Å². The summed E-state index contributed by atoms with van der Waals surface area (Å²) < 4.78 is 27.3. The summed E-state index contributed by atoms with van der Waals surface area (Å²) in [4.78, 5) is 11.8. The zero-order valence-corrected chi connectivity index (χ0v) is 12.6. The van der Waals surface area contributed by atoms with E-state index in [0.29, 0.717) is 6.54 Å². The van der Waals surface area contributed by atoms with Gasteiger partial charge in [-0.15, -0.1) is 0 Å². The summed E-state index contributed by atoms with van der Waals surface area (Å²) in [6, 6.07) is 2.16. The Morgan fingerprint density at radius 2 is 1.89 bits per heavy atom. The molecule has 0 aromatic heterocycles. The van der Waals surface area contributed by atoms with Crippen LogP contribution in [0.25, 0.3) is 0 Å². The number of carbonyl (C=O) groups is 1. The smallest absolute Gasteiger partial charge is 0.257 e. The van der Waals surface area contributed by atoms with Gasteiger partial charge in [-0.25, -0.2) is 8.78 Å². The van der Waals surface area contributed by atoms with Crippen molar-refractivity contribution in [2.45, 2.75) is 12.8 Å². The number of hydrogen-bond acceptors (Lipinski definition) is 1. The summed E-state index contributed by atoms with van der Waals surface area (Å²) in [6.07, 6.45) is 2.04. The van der Waals surface area contributed by atoms with E-state index in [9.17, 15) is 13.6 Å². The van der Waals surface area contributed by atoms with Crippen LogP contribution in [0, 0.1) is 17.0 Å². The van der Waals surface area contributed by atoms with Crippen molar-refractivity contribution >= 4 is 37.8 Å². The maximum absolute atomic E-state index is 13.5. The zero-order valence-electron chi connectivity index (χ0n) is 9.40. The number of rotatable bonds is 4. The Balaban J connectivity index is 2.09. The van der Waals surface area contributed by atoms with E-state index in [0.717, 1.165) is 30.3 Å². The third kappa shape index (κ3) is 2.91. The van der Waals surface area contributed by atoms with Gasteiger partial charge in [-0.3, -0.25) is 4.79 Å². The maximum Gasteiger partial charge on any atom is 0.257 e. The first-order chi connectivity index (χ1) is 8.47. The average molecular weight is 383 g/mol. The van der Waals surface area contributed by atoms with Crippen LogP contribution in [-0.4, -0.2) is 17.8 Å². The molecule has 0 saturated heterocycles.